The lowest BCUT2D eigenvalue weighted by Crippen LogP contribution is -2.36. The summed E-state index contributed by atoms with van der Waals surface area (Å²) >= 11 is 3.33. The van der Waals surface area contributed by atoms with Crippen LogP contribution in [0.15, 0.2) is 46.9 Å². The summed E-state index contributed by atoms with van der Waals surface area (Å²) < 4.78 is 36.6. The van der Waals surface area contributed by atoms with E-state index in [0.717, 1.165) is 20.6 Å². The minimum Gasteiger partial charge on any atom is -0.454 e. The number of sulfonamides is 1. The molecule has 3 rings (SSSR count). The quantitative estimate of drug-likeness (QED) is 0.745. The number of rotatable bonds is 6. The molecule has 9 heteroatoms. The van der Waals surface area contributed by atoms with Gasteiger partial charge in [0.05, 0.1) is 12.8 Å². The number of benzene rings is 2. The number of carbonyl (C=O) groups is 1. The molecular formula is C17H17BrN2O5S. The standard InChI is InChI=1S/C17H17BrN2O5S/c1-26(22,23)20(9-12-2-4-13(18)5-3-12)10-17(21)19-14-6-7-15-16(8-14)25-11-24-15/h2-8H,9-11H2,1H3,(H,19,21). The van der Waals surface area contributed by atoms with Crippen LogP contribution < -0.4 is 14.8 Å². The summed E-state index contributed by atoms with van der Waals surface area (Å²) in [6.07, 6.45) is 1.08. The van der Waals surface area contributed by atoms with E-state index in [4.69, 9.17) is 9.47 Å². The summed E-state index contributed by atoms with van der Waals surface area (Å²) in [6.45, 7) is -0.0359. The molecule has 0 saturated carbocycles. The van der Waals surface area contributed by atoms with Crippen LogP contribution in [-0.2, 0) is 21.4 Å². The zero-order chi connectivity index (χ0) is 18.7. The summed E-state index contributed by atoms with van der Waals surface area (Å²) in [5.41, 5.74) is 1.30. The van der Waals surface area contributed by atoms with Gasteiger partial charge in [0.15, 0.2) is 11.5 Å². The van der Waals surface area contributed by atoms with Crippen molar-refractivity contribution in [3.05, 3.63) is 52.5 Å². The van der Waals surface area contributed by atoms with E-state index in [1.807, 2.05) is 12.1 Å². The fourth-order valence-corrected chi connectivity index (χ4v) is 3.42. The average Bonchev–Trinajstić information content (AvgIpc) is 3.03. The van der Waals surface area contributed by atoms with E-state index < -0.39 is 15.9 Å². The van der Waals surface area contributed by atoms with Crippen LogP contribution in [0.1, 0.15) is 5.56 Å². The Kier molecular flexibility index (Phi) is 5.49. The van der Waals surface area contributed by atoms with Gasteiger partial charge in [-0.05, 0) is 29.8 Å². The molecule has 2 aromatic carbocycles. The molecule has 0 bridgehead atoms. The van der Waals surface area contributed by atoms with Gasteiger partial charge in [-0.3, -0.25) is 4.79 Å². The van der Waals surface area contributed by atoms with Crippen molar-refractivity contribution in [3.8, 4) is 11.5 Å². The van der Waals surface area contributed by atoms with Crippen LogP contribution in [0.25, 0.3) is 0 Å². The van der Waals surface area contributed by atoms with Crippen molar-refractivity contribution in [1.82, 2.24) is 4.31 Å². The molecule has 0 spiro atoms. The van der Waals surface area contributed by atoms with Gasteiger partial charge in [0.2, 0.25) is 22.7 Å². The molecule has 0 unspecified atom stereocenters. The van der Waals surface area contributed by atoms with Crippen LogP contribution in [0, 0.1) is 0 Å². The summed E-state index contributed by atoms with van der Waals surface area (Å²) in [5, 5.41) is 2.68. The monoisotopic (exact) mass is 440 g/mol. The SMILES string of the molecule is CS(=O)(=O)N(CC(=O)Nc1ccc2c(c1)OCO2)Cc1ccc(Br)cc1. The Balaban J connectivity index is 1.68. The second kappa shape index (κ2) is 7.65. The third kappa shape index (κ3) is 4.75. The average molecular weight is 441 g/mol. The molecule has 26 heavy (non-hydrogen) atoms. The van der Waals surface area contributed by atoms with Gasteiger partial charge in [-0.15, -0.1) is 0 Å². The Morgan fingerprint density at radius 1 is 1.15 bits per heavy atom. The lowest BCUT2D eigenvalue weighted by atomic mass is 10.2. The van der Waals surface area contributed by atoms with Crippen LogP contribution in [-0.4, -0.2) is 38.2 Å². The van der Waals surface area contributed by atoms with E-state index in [1.54, 1.807) is 30.3 Å². The maximum Gasteiger partial charge on any atom is 0.239 e. The van der Waals surface area contributed by atoms with E-state index in [2.05, 4.69) is 21.2 Å². The number of amides is 1. The Labute approximate surface area is 160 Å². The molecule has 1 aliphatic heterocycles. The van der Waals surface area contributed by atoms with Gasteiger partial charge < -0.3 is 14.8 Å². The summed E-state index contributed by atoms with van der Waals surface area (Å²) in [4.78, 5) is 12.3. The highest BCUT2D eigenvalue weighted by Crippen LogP contribution is 2.34. The lowest BCUT2D eigenvalue weighted by molar-refractivity contribution is -0.116. The number of hydrogen-bond donors (Lipinski definition) is 1. The van der Waals surface area contributed by atoms with Gasteiger partial charge in [0, 0.05) is 22.8 Å². The first kappa shape index (κ1) is 18.7. The fourth-order valence-electron chi connectivity index (χ4n) is 2.42. The first-order valence-electron chi connectivity index (χ1n) is 7.70. The van der Waals surface area contributed by atoms with Crippen molar-refractivity contribution in [1.29, 1.82) is 0 Å². The highest BCUT2D eigenvalue weighted by Gasteiger charge is 2.21. The van der Waals surface area contributed by atoms with E-state index in [1.165, 1.54) is 0 Å². The summed E-state index contributed by atoms with van der Waals surface area (Å²) in [6, 6.07) is 12.2. The molecule has 2 aromatic rings. The number of nitrogens with zero attached hydrogens (tertiary/aromatic N) is 1. The molecule has 0 aliphatic carbocycles. The highest BCUT2D eigenvalue weighted by molar-refractivity contribution is 9.10. The molecule has 1 N–H and O–H groups in total. The Morgan fingerprint density at radius 2 is 1.85 bits per heavy atom. The summed E-state index contributed by atoms with van der Waals surface area (Å²) in [7, 11) is -3.55. The van der Waals surface area contributed by atoms with E-state index >= 15 is 0 Å². The van der Waals surface area contributed by atoms with Crippen LogP contribution in [0.3, 0.4) is 0 Å². The van der Waals surface area contributed by atoms with Crippen LogP contribution in [0.4, 0.5) is 5.69 Å². The number of hydrogen-bond acceptors (Lipinski definition) is 5. The van der Waals surface area contributed by atoms with Gasteiger partial charge in [-0.25, -0.2) is 8.42 Å². The second-order valence-electron chi connectivity index (χ2n) is 5.77. The minimum atomic E-state index is -3.55. The third-order valence-corrected chi connectivity index (χ3v) is 5.44. The van der Waals surface area contributed by atoms with E-state index in [-0.39, 0.29) is 19.9 Å². The normalized spacial score (nSPS) is 13.0. The number of fused-ring (bicyclic) bond motifs is 1. The topological polar surface area (TPSA) is 84.9 Å². The molecular weight excluding hydrogens is 424 g/mol. The van der Waals surface area contributed by atoms with Gasteiger partial charge in [0.1, 0.15) is 0 Å². The van der Waals surface area contributed by atoms with Crippen LogP contribution >= 0.6 is 15.9 Å². The molecule has 0 saturated heterocycles. The summed E-state index contributed by atoms with van der Waals surface area (Å²) in [5.74, 6) is 0.708. The van der Waals surface area contributed by atoms with E-state index in [9.17, 15) is 13.2 Å². The first-order chi connectivity index (χ1) is 12.3. The number of ether oxygens (including phenoxy) is 2. The second-order valence-corrected chi connectivity index (χ2v) is 8.67. The van der Waals surface area contributed by atoms with Crippen molar-refractivity contribution in [2.45, 2.75) is 6.54 Å². The number of anilines is 1. The van der Waals surface area contributed by atoms with Crippen molar-refractivity contribution < 1.29 is 22.7 Å². The van der Waals surface area contributed by atoms with Gasteiger partial charge in [-0.2, -0.15) is 4.31 Å². The van der Waals surface area contributed by atoms with Crippen molar-refractivity contribution in [3.63, 3.8) is 0 Å². The number of nitrogens with one attached hydrogen (secondary N) is 1. The Bertz CT molecular complexity index is 915. The zero-order valence-corrected chi connectivity index (χ0v) is 16.3. The lowest BCUT2D eigenvalue weighted by Gasteiger charge is -2.19. The maximum atomic E-state index is 12.3. The molecule has 0 aromatic heterocycles. The molecule has 0 radical (unpaired) electrons. The van der Waals surface area contributed by atoms with Crippen molar-refractivity contribution in [2.75, 3.05) is 24.9 Å². The highest BCUT2D eigenvalue weighted by atomic mass is 79.9. The van der Waals surface area contributed by atoms with Gasteiger partial charge in [-0.1, -0.05) is 28.1 Å². The van der Waals surface area contributed by atoms with Crippen molar-refractivity contribution >= 4 is 37.5 Å². The fraction of sp³-hybridized carbons (Fsp3) is 0.235. The largest absolute Gasteiger partial charge is 0.454 e. The van der Waals surface area contributed by atoms with E-state index in [0.29, 0.717) is 17.2 Å². The zero-order valence-electron chi connectivity index (χ0n) is 13.9. The molecule has 1 amide bonds. The molecule has 0 fully saturated rings. The molecule has 0 atom stereocenters. The smallest absolute Gasteiger partial charge is 0.239 e. The van der Waals surface area contributed by atoms with Crippen LogP contribution in [0.5, 0.6) is 11.5 Å². The first-order valence-corrected chi connectivity index (χ1v) is 10.3. The predicted molar refractivity (Wildman–Crippen MR) is 101 cm³/mol. The van der Waals surface area contributed by atoms with Gasteiger partial charge >= 0.3 is 0 Å². The van der Waals surface area contributed by atoms with Crippen LogP contribution in [0.2, 0.25) is 0 Å². The Hall–Kier alpha value is -2.10. The number of halogens is 1. The minimum absolute atomic E-state index is 0.112. The van der Waals surface area contributed by atoms with Crippen molar-refractivity contribution in [2.24, 2.45) is 0 Å². The molecule has 1 heterocycles. The predicted octanol–water partition coefficient (Wildman–Crippen LogP) is 2.58. The third-order valence-electron chi connectivity index (χ3n) is 3.72. The molecule has 138 valence electrons. The molecule has 7 nitrogen and oxygen atoms in total. The Morgan fingerprint density at radius 3 is 2.54 bits per heavy atom. The van der Waals surface area contributed by atoms with Gasteiger partial charge in [0.25, 0.3) is 0 Å². The molecule has 1 aliphatic rings. The number of carbonyl (C=O) groups excluding carboxylic acids is 1. The maximum absolute atomic E-state index is 12.3.